The SMILES string of the molecule is CCCCCCCCCCCC(=O)OC[C@H](COP(=O)(O)OC[C@H](O)COP(=O)(O)OC[C@@H](COC(=O)CCCCCCCCC(C)CC)OC(=O)CCCCCCCCC(C)CC)OC(=O)CCCCCCCCC(C)CC. The zero-order valence-electron chi connectivity index (χ0n) is 50.8. The molecule has 0 rings (SSSR count). The first-order chi connectivity index (χ1) is 37.8. The molecule has 0 aromatic heterocycles. The average molecular weight is 1170 g/mol. The Kier molecular flexibility index (Phi) is 50.4. The van der Waals surface area contributed by atoms with Gasteiger partial charge in [0.15, 0.2) is 12.2 Å². The van der Waals surface area contributed by atoms with Crippen LogP contribution in [0, 0.1) is 17.8 Å². The number of carbonyl (C=O) groups excluding carboxylic acids is 4. The summed E-state index contributed by atoms with van der Waals surface area (Å²) in [5, 5.41) is 10.5. The number of hydrogen-bond donors (Lipinski definition) is 3. The van der Waals surface area contributed by atoms with Crippen molar-refractivity contribution in [3.8, 4) is 0 Å². The molecule has 0 bridgehead atoms. The molecule has 0 heterocycles. The number of ether oxygens (including phenoxy) is 4. The van der Waals surface area contributed by atoms with E-state index in [9.17, 15) is 43.2 Å². The number of rotatable bonds is 58. The molecule has 0 radical (unpaired) electrons. The van der Waals surface area contributed by atoms with Gasteiger partial charge < -0.3 is 33.8 Å². The summed E-state index contributed by atoms with van der Waals surface area (Å²) in [6.07, 6.45) is 30.8. The molecule has 0 aliphatic heterocycles. The van der Waals surface area contributed by atoms with Crippen LogP contribution in [0.4, 0.5) is 0 Å². The molecule has 79 heavy (non-hydrogen) atoms. The van der Waals surface area contributed by atoms with E-state index in [2.05, 4.69) is 48.5 Å². The smallest absolute Gasteiger partial charge is 0.462 e. The fourth-order valence-corrected chi connectivity index (χ4v) is 10.3. The van der Waals surface area contributed by atoms with Crippen molar-refractivity contribution in [3.63, 3.8) is 0 Å². The molecule has 0 aromatic carbocycles. The summed E-state index contributed by atoms with van der Waals surface area (Å²) in [5.74, 6) is 0.0229. The van der Waals surface area contributed by atoms with E-state index >= 15 is 0 Å². The van der Waals surface area contributed by atoms with Crippen LogP contribution in [0.25, 0.3) is 0 Å². The second-order valence-corrected chi connectivity index (χ2v) is 25.4. The van der Waals surface area contributed by atoms with Crippen LogP contribution in [0.5, 0.6) is 0 Å². The summed E-state index contributed by atoms with van der Waals surface area (Å²) in [4.78, 5) is 71.9. The zero-order valence-corrected chi connectivity index (χ0v) is 52.6. The Labute approximate surface area is 479 Å². The van der Waals surface area contributed by atoms with E-state index in [0.29, 0.717) is 25.7 Å². The van der Waals surface area contributed by atoms with Crippen LogP contribution in [0.2, 0.25) is 0 Å². The van der Waals surface area contributed by atoms with Gasteiger partial charge in [0.05, 0.1) is 26.4 Å². The predicted octanol–water partition coefficient (Wildman–Crippen LogP) is 15.9. The summed E-state index contributed by atoms with van der Waals surface area (Å²) in [5.41, 5.74) is 0. The van der Waals surface area contributed by atoms with Gasteiger partial charge in [0.25, 0.3) is 0 Å². The molecule has 17 nitrogen and oxygen atoms in total. The number of phosphoric ester groups is 2. The van der Waals surface area contributed by atoms with Gasteiger partial charge in [-0.25, -0.2) is 9.13 Å². The number of esters is 4. The summed E-state index contributed by atoms with van der Waals surface area (Å²) in [7, 11) is -9.88. The Hall–Kier alpha value is -1.94. The number of carbonyl (C=O) groups is 4. The van der Waals surface area contributed by atoms with Gasteiger partial charge in [-0.05, 0) is 43.4 Å². The zero-order chi connectivity index (χ0) is 58.8. The summed E-state index contributed by atoms with van der Waals surface area (Å²) in [6.45, 7) is 11.6. The number of unbranched alkanes of at least 4 members (excludes halogenated alkanes) is 23. The van der Waals surface area contributed by atoms with Gasteiger partial charge >= 0.3 is 39.5 Å². The van der Waals surface area contributed by atoms with Crippen LogP contribution in [-0.4, -0.2) is 96.7 Å². The fraction of sp³-hybridized carbons (Fsp3) is 0.933. The van der Waals surface area contributed by atoms with Crippen LogP contribution < -0.4 is 0 Å². The maximum atomic E-state index is 12.9. The number of hydrogen-bond acceptors (Lipinski definition) is 15. The lowest BCUT2D eigenvalue weighted by Gasteiger charge is -2.21. The second kappa shape index (κ2) is 51.7. The van der Waals surface area contributed by atoms with Crippen LogP contribution in [0.3, 0.4) is 0 Å². The van der Waals surface area contributed by atoms with Crippen LogP contribution in [0.1, 0.15) is 286 Å². The minimum absolute atomic E-state index is 0.101. The number of aliphatic hydroxyl groups excluding tert-OH is 1. The van der Waals surface area contributed by atoms with E-state index in [1.807, 2.05) is 0 Å². The summed E-state index contributed by atoms with van der Waals surface area (Å²) >= 11 is 0. The highest BCUT2D eigenvalue weighted by Gasteiger charge is 2.30. The third-order valence-electron chi connectivity index (χ3n) is 14.7. The van der Waals surface area contributed by atoms with Crippen molar-refractivity contribution in [3.05, 3.63) is 0 Å². The monoisotopic (exact) mass is 1170 g/mol. The Bertz CT molecular complexity index is 1590. The van der Waals surface area contributed by atoms with Gasteiger partial charge in [0.1, 0.15) is 19.3 Å². The quantitative estimate of drug-likeness (QED) is 0.0222. The Morgan fingerprint density at radius 3 is 0.899 bits per heavy atom. The molecule has 0 aliphatic carbocycles. The first-order valence-electron chi connectivity index (χ1n) is 31.5. The maximum Gasteiger partial charge on any atom is 0.472 e. The van der Waals surface area contributed by atoms with Gasteiger partial charge in [-0.2, -0.15) is 0 Å². The first-order valence-corrected chi connectivity index (χ1v) is 34.5. The van der Waals surface area contributed by atoms with Gasteiger partial charge in [0.2, 0.25) is 0 Å². The lowest BCUT2D eigenvalue weighted by Crippen LogP contribution is -2.30. The molecular weight excluding hydrogens is 1050 g/mol. The lowest BCUT2D eigenvalue weighted by molar-refractivity contribution is -0.161. The van der Waals surface area contributed by atoms with E-state index in [1.165, 1.54) is 89.9 Å². The van der Waals surface area contributed by atoms with Crippen molar-refractivity contribution >= 4 is 39.5 Å². The van der Waals surface area contributed by atoms with Crippen molar-refractivity contribution < 1.29 is 80.2 Å². The third-order valence-corrected chi connectivity index (χ3v) is 16.6. The van der Waals surface area contributed by atoms with Crippen molar-refractivity contribution in [2.45, 2.75) is 304 Å². The minimum atomic E-state index is -4.94. The minimum Gasteiger partial charge on any atom is -0.462 e. The second-order valence-electron chi connectivity index (χ2n) is 22.5. The number of aliphatic hydroxyl groups is 1. The molecule has 0 aliphatic rings. The maximum absolute atomic E-state index is 12.9. The third kappa shape index (κ3) is 51.4. The molecular formula is C60H116O17P2. The lowest BCUT2D eigenvalue weighted by atomic mass is 10.00. The van der Waals surface area contributed by atoms with Crippen LogP contribution in [0.15, 0.2) is 0 Å². The number of phosphoric acid groups is 2. The molecule has 0 fully saturated rings. The van der Waals surface area contributed by atoms with Crippen molar-refractivity contribution in [2.24, 2.45) is 17.8 Å². The van der Waals surface area contributed by atoms with Crippen molar-refractivity contribution in [1.82, 2.24) is 0 Å². The van der Waals surface area contributed by atoms with Gasteiger partial charge in [-0.15, -0.1) is 0 Å². The summed E-state index contributed by atoms with van der Waals surface area (Å²) < 4.78 is 67.8. The molecule has 19 heteroatoms. The molecule has 5 unspecified atom stereocenters. The van der Waals surface area contributed by atoms with E-state index in [1.54, 1.807) is 0 Å². The van der Waals surface area contributed by atoms with Crippen molar-refractivity contribution in [1.29, 1.82) is 0 Å². The van der Waals surface area contributed by atoms with Gasteiger partial charge in [-0.3, -0.25) is 37.3 Å². The molecule has 0 aromatic rings. The van der Waals surface area contributed by atoms with E-state index < -0.39 is 97.5 Å². The molecule has 0 saturated carbocycles. The molecule has 0 amide bonds. The molecule has 0 saturated heterocycles. The topological polar surface area (TPSA) is 237 Å². The normalized spacial score (nSPS) is 15.5. The largest absolute Gasteiger partial charge is 0.472 e. The molecule has 468 valence electrons. The van der Waals surface area contributed by atoms with E-state index in [0.717, 1.165) is 114 Å². The van der Waals surface area contributed by atoms with Crippen LogP contribution >= 0.6 is 15.6 Å². The van der Waals surface area contributed by atoms with Gasteiger partial charge in [0, 0.05) is 25.7 Å². The highest BCUT2D eigenvalue weighted by atomic mass is 31.2. The highest BCUT2D eigenvalue weighted by Crippen LogP contribution is 2.45. The standard InChI is InChI=1S/C60H116O17P2/c1-8-12-13-14-15-16-17-27-34-41-57(62)70-47-55(76-59(64)43-36-29-22-19-25-32-39-52(6)10-3)49-74-78(66,67)72-45-54(61)46-73-79(68,69)75-50-56(77-60(65)44-37-30-23-20-26-33-40-53(7)11-4)48-71-58(63)42-35-28-21-18-24-31-38-51(5)9-2/h51-56,61H,8-50H2,1-7H3,(H,66,67)(H,68,69)/t51?,52?,53?,54-,55+,56+/m0/s1. The Balaban J connectivity index is 5.26. The first kappa shape index (κ1) is 77.1. The van der Waals surface area contributed by atoms with E-state index in [4.69, 9.17) is 37.0 Å². The summed E-state index contributed by atoms with van der Waals surface area (Å²) in [6, 6.07) is 0. The Morgan fingerprint density at radius 1 is 0.354 bits per heavy atom. The predicted molar refractivity (Wildman–Crippen MR) is 312 cm³/mol. The molecule has 8 atom stereocenters. The molecule has 3 N–H and O–H groups in total. The highest BCUT2D eigenvalue weighted by molar-refractivity contribution is 7.47. The fourth-order valence-electron chi connectivity index (χ4n) is 8.68. The Morgan fingerprint density at radius 2 is 0.608 bits per heavy atom. The average Bonchev–Trinajstić information content (AvgIpc) is 3.42. The van der Waals surface area contributed by atoms with Gasteiger partial charge in [-0.1, -0.05) is 235 Å². The van der Waals surface area contributed by atoms with Crippen molar-refractivity contribution in [2.75, 3.05) is 39.6 Å². The molecule has 0 spiro atoms. The van der Waals surface area contributed by atoms with Crippen LogP contribution in [-0.2, 0) is 65.4 Å². The van der Waals surface area contributed by atoms with E-state index in [-0.39, 0.29) is 25.7 Å².